The maximum absolute atomic E-state index is 13.3. The Morgan fingerprint density at radius 1 is 1.09 bits per heavy atom. The summed E-state index contributed by atoms with van der Waals surface area (Å²) in [7, 11) is 1.67. The second-order valence-electron chi connectivity index (χ2n) is 9.45. The first-order valence-electron chi connectivity index (χ1n) is 11.7. The fourth-order valence-electron chi connectivity index (χ4n) is 5.42. The maximum Gasteiger partial charge on any atom is 0.222 e. The molecule has 1 aromatic rings. The second kappa shape index (κ2) is 10.4. The number of methoxy groups -OCH3 is 1. The number of amides is 1. The number of ether oxygens (including phenoxy) is 1. The molecular formula is C27H35NO4. The number of carbonyl (C=O) groups is 3. The SMILES string of the molecule is CC#Cc1cc(C)c(C2C(=O)CC3(CCN(C(=O)CCCCOC)CC3)CC2=O)c(C)c1. The van der Waals surface area contributed by atoms with E-state index < -0.39 is 5.92 Å². The molecule has 0 unspecified atom stereocenters. The van der Waals surface area contributed by atoms with Crippen molar-refractivity contribution in [3.8, 4) is 11.8 Å². The third kappa shape index (κ3) is 5.30. The van der Waals surface area contributed by atoms with Crippen molar-refractivity contribution in [2.24, 2.45) is 5.41 Å². The lowest BCUT2D eigenvalue weighted by Gasteiger charge is -2.45. The molecule has 5 nitrogen and oxygen atoms in total. The summed E-state index contributed by atoms with van der Waals surface area (Å²) in [5.41, 5.74) is 3.41. The van der Waals surface area contributed by atoms with Crippen LogP contribution in [-0.4, -0.2) is 49.2 Å². The van der Waals surface area contributed by atoms with Gasteiger partial charge in [0.25, 0.3) is 0 Å². The highest BCUT2D eigenvalue weighted by atomic mass is 16.5. The Bertz CT molecular complexity index is 901. The number of hydrogen-bond donors (Lipinski definition) is 0. The Labute approximate surface area is 191 Å². The highest BCUT2D eigenvalue weighted by Crippen LogP contribution is 2.46. The smallest absolute Gasteiger partial charge is 0.222 e. The largest absolute Gasteiger partial charge is 0.385 e. The summed E-state index contributed by atoms with van der Waals surface area (Å²) in [6, 6.07) is 3.95. The molecule has 2 fully saturated rings. The average Bonchev–Trinajstić information content (AvgIpc) is 2.73. The Kier molecular flexibility index (Phi) is 7.90. The van der Waals surface area contributed by atoms with Crippen LogP contribution in [0.2, 0.25) is 0 Å². The number of Topliss-reactive ketones (excluding diaryl/α,β-unsaturated/α-hetero) is 2. The molecule has 0 N–H and O–H groups in total. The average molecular weight is 438 g/mol. The van der Waals surface area contributed by atoms with Gasteiger partial charge in [0.2, 0.25) is 5.91 Å². The van der Waals surface area contributed by atoms with E-state index in [1.54, 1.807) is 14.0 Å². The number of likely N-dealkylation sites (tertiary alicyclic amines) is 1. The number of piperidine rings is 1. The molecule has 1 heterocycles. The number of ketones is 2. The highest BCUT2D eigenvalue weighted by Gasteiger charge is 2.47. The minimum atomic E-state index is -0.662. The third-order valence-electron chi connectivity index (χ3n) is 7.06. The van der Waals surface area contributed by atoms with E-state index in [2.05, 4.69) is 11.8 Å². The van der Waals surface area contributed by atoms with Crippen LogP contribution in [-0.2, 0) is 19.1 Å². The summed E-state index contributed by atoms with van der Waals surface area (Å²) in [4.78, 5) is 40.9. The van der Waals surface area contributed by atoms with Crippen molar-refractivity contribution in [2.45, 2.75) is 71.6 Å². The minimum Gasteiger partial charge on any atom is -0.385 e. The van der Waals surface area contributed by atoms with Crippen molar-refractivity contribution >= 4 is 17.5 Å². The van der Waals surface area contributed by atoms with Gasteiger partial charge in [0.15, 0.2) is 0 Å². The van der Waals surface area contributed by atoms with E-state index in [9.17, 15) is 14.4 Å². The third-order valence-corrected chi connectivity index (χ3v) is 7.06. The van der Waals surface area contributed by atoms with Crippen molar-refractivity contribution in [2.75, 3.05) is 26.8 Å². The van der Waals surface area contributed by atoms with E-state index in [-0.39, 0.29) is 22.9 Å². The van der Waals surface area contributed by atoms with Gasteiger partial charge < -0.3 is 9.64 Å². The zero-order valence-corrected chi connectivity index (χ0v) is 19.9. The number of nitrogens with zero attached hydrogens (tertiary/aromatic N) is 1. The molecule has 1 aromatic carbocycles. The van der Waals surface area contributed by atoms with Crippen LogP contribution in [0, 0.1) is 31.1 Å². The molecule has 0 bridgehead atoms. The lowest BCUT2D eigenvalue weighted by atomic mass is 9.62. The van der Waals surface area contributed by atoms with Gasteiger partial charge in [0.05, 0.1) is 0 Å². The van der Waals surface area contributed by atoms with Crippen molar-refractivity contribution in [3.63, 3.8) is 0 Å². The van der Waals surface area contributed by atoms with Crippen molar-refractivity contribution < 1.29 is 19.1 Å². The summed E-state index contributed by atoms with van der Waals surface area (Å²) in [6.07, 6.45) is 4.55. The van der Waals surface area contributed by atoms with Crippen molar-refractivity contribution in [1.82, 2.24) is 4.90 Å². The second-order valence-corrected chi connectivity index (χ2v) is 9.45. The van der Waals surface area contributed by atoms with E-state index >= 15 is 0 Å². The predicted molar refractivity (Wildman–Crippen MR) is 124 cm³/mol. The lowest BCUT2D eigenvalue weighted by molar-refractivity contribution is -0.140. The van der Waals surface area contributed by atoms with Crippen molar-refractivity contribution in [3.05, 3.63) is 34.4 Å². The van der Waals surface area contributed by atoms with E-state index in [1.807, 2.05) is 30.9 Å². The molecule has 3 rings (SSSR count). The Morgan fingerprint density at radius 2 is 1.69 bits per heavy atom. The first-order valence-corrected chi connectivity index (χ1v) is 11.7. The summed E-state index contributed by atoms with van der Waals surface area (Å²) >= 11 is 0. The Balaban J connectivity index is 1.66. The summed E-state index contributed by atoms with van der Waals surface area (Å²) in [5, 5.41) is 0. The summed E-state index contributed by atoms with van der Waals surface area (Å²) < 4.78 is 5.04. The quantitative estimate of drug-likeness (QED) is 0.382. The van der Waals surface area contributed by atoms with Crippen LogP contribution < -0.4 is 0 Å². The predicted octanol–water partition coefficient (Wildman–Crippen LogP) is 4.12. The van der Waals surface area contributed by atoms with Gasteiger partial charge in [-0.3, -0.25) is 14.4 Å². The zero-order chi connectivity index (χ0) is 23.3. The molecule has 5 heteroatoms. The van der Waals surface area contributed by atoms with Crippen LogP contribution >= 0.6 is 0 Å². The summed E-state index contributed by atoms with van der Waals surface area (Å²) in [5.74, 6) is 5.53. The van der Waals surface area contributed by atoms with E-state index in [0.29, 0.717) is 39.0 Å². The molecule has 172 valence electrons. The fraction of sp³-hybridized carbons (Fsp3) is 0.593. The van der Waals surface area contributed by atoms with Gasteiger partial charge in [-0.2, -0.15) is 0 Å². The molecule has 32 heavy (non-hydrogen) atoms. The topological polar surface area (TPSA) is 63.7 Å². The van der Waals surface area contributed by atoms with Crippen molar-refractivity contribution in [1.29, 1.82) is 0 Å². The number of benzene rings is 1. The molecule has 1 amide bonds. The number of rotatable bonds is 6. The molecular weight excluding hydrogens is 402 g/mol. The number of unbranched alkanes of at least 4 members (excludes halogenated alkanes) is 1. The van der Waals surface area contributed by atoms with E-state index in [0.717, 1.165) is 47.9 Å². The standard InChI is InChI=1S/C27H35NO4/c1-5-8-21-15-19(2)25(20(3)16-21)26-22(29)17-27(18-23(26)30)10-12-28(13-11-27)24(31)9-6-7-14-32-4/h15-16,26H,6-7,9-14,17-18H2,1-4H3. The van der Waals surface area contributed by atoms with Gasteiger partial charge in [-0.25, -0.2) is 0 Å². The minimum absolute atomic E-state index is 0.0288. The van der Waals surface area contributed by atoms with Crippen LogP contribution in [0.25, 0.3) is 0 Å². The van der Waals surface area contributed by atoms with Crippen LogP contribution in [0.5, 0.6) is 0 Å². The number of carbonyl (C=O) groups excluding carboxylic acids is 3. The molecule has 1 aliphatic heterocycles. The zero-order valence-electron chi connectivity index (χ0n) is 19.9. The molecule has 0 aromatic heterocycles. The molecule has 0 radical (unpaired) electrons. The van der Waals surface area contributed by atoms with E-state index in [4.69, 9.17) is 4.74 Å². The first kappa shape index (κ1) is 24.2. The Hall–Kier alpha value is -2.45. The van der Waals surface area contributed by atoms with Gasteiger partial charge in [0, 0.05) is 51.6 Å². The Morgan fingerprint density at radius 3 is 2.22 bits per heavy atom. The lowest BCUT2D eigenvalue weighted by Crippen LogP contribution is -2.48. The molecule has 1 aliphatic carbocycles. The normalized spacial score (nSPS) is 18.6. The monoisotopic (exact) mass is 437 g/mol. The highest BCUT2D eigenvalue weighted by molar-refractivity contribution is 6.10. The molecule has 0 atom stereocenters. The van der Waals surface area contributed by atoms with Crippen LogP contribution in [0.15, 0.2) is 12.1 Å². The van der Waals surface area contributed by atoms with Crippen LogP contribution in [0.1, 0.15) is 80.0 Å². The fourth-order valence-corrected chi connectivity index (χ4v) is 5.42. The van der Waals surface area contributed by atoms with Gasteiger partial charge >= 0.3 is 0 Å². The van der Waals surface area contributed by atoms with Crippen LogP contribution in [0.4, 0.5) is 0 Å². The van der Waals surface area contributed by atoms with Gasteiger partial charge in [-0.15, -0.1) is 5.92 Å². The maximum atomic E-state index is 13.3. The first-order chi connectivity index (χ1) is 15.3. The van der Waals surface area contributed by atoms with Gasteiger partial charge in [0.1, 0.15) is 17.5 Å². The van der Waals surface area contributed by atoms with Gasteiger partial charge in [-0.1, -0.05) is 5.92 Å². The molecule has 1 spiro atoms. The molecule has 1 saturated heterocycles. The number of hydrogen-bond acceptors (Lipinski definition) is 4. The summed E-state index contributed by atoms with van der Waals surface area (Å²) in [6.45, 7) is 7.67. The van der Waals surface area contributed by atoms with E-state index in [1.165, 1.54) is 0 Å². The number of aryl methyl sites for hydroxylation is 2. The van der Waals surface area contributed by atoms with Crippen LogP contribution in [0.3, 0.4) is 0 Å². The van der Waals surface area contributed by atoms with Gasteiger partial charge in [-0.05, 0) is 80.7 Å². The molecule has 2 aliphatic rings. The molecule has 1 saturated carbocycles.